The molecule has 0 unspecified atom stereocenters. The maximum Gasteiger partial charge on any atom is 0.256 e. The van der Waals surface area contributed by atoms with Gasteiger partial charge in [-0.3, -0.25) is 9.78 Å². The highest BCUT2D eigenvalue weighted by Gasteiger charge is 2.24. The van der Waals surface area contributed by atoms with Crippen LogP contribution in [0.5, 0.6) is 5.75 Å². The zero-order valence-corrected chi connectivity index (χ0v) is 15.6. The van der Waals surface area contributed by atoms with E-state index in [0.717, 1.165) is 41.4 Å². The van der Waals surface area contributed by atoms with Gasteiger partial charge in [0.1, 0.15) is 5.75 Å². The van der Waals surface area contributed by atoms with Crippen molar-refractivity contribution >= 4 is 45.7 Å². The van der Waals surface area contributed by atoms with E-state index in [9.17, 15) is 4.79 Å². The number of rotatable bonds is 3. The van der Waals surface area contributed by atoms with E-state index >= 15 is 0 Å². The van der Waals surface area contributed by atoms with Crippen molar-refractivity contribution in [1.29, 1.82) is 0 Å². The second-order valence-electron chi connectivity index (χ2n) is 6.23. The zero-order valence-electron chi connectivity index (χ0n) is 14.1. The number of amides is 1. The molecule has 3 aromatic rings. The van der Waals surface area contributed by atoms with Gasteiger partial charge in [0, 0.05) is 21.1 Å². The Hall–Kier alpha value is -2.30. The number of carbonyl (C=O) groups excluding carboxylic acids is 1. The lowest BCUT2D eigenvalue weighted by molar-refractivity contribution is 0.102. The molecule has 0 saturated carbocycles. The first-order chi connectivity index (χ1) is 12.6. The Bertz CT molecular complexity index is 1030. The van der Waals surface area contributed by atoms with E-state index in [1.807, 2.05) is 6.07 Å². The van der Waals surface area contributed by atoms with Crippen LogP contribution in [0.3, 0.4) is 0 Å². The number of benzene rings is 2. The topological polar surface area (TPSA) is 51.2 Å². The number of ether oxygens (including phenoxy) is 1. The number of anilines is 1. The number of pyridine rings is 1. The van der Waals surface area contributed by atoms with Crippen LogP contribution in [-0.4, -0.2) is 18.0 Å². The number of nitrogens with zero attached hydrogens (tertiary/aromatic N) is 1. The molecule has 0 atom stereocenters. The third kappa shape index (κ3) is 3.00. The SMILES string of the molecule is COc1ccc(Cl)cc1NC(=O)c1c2c(nc3ccc(Cl)cc13)CCC2. The van der Waals surface area contributed by atoms with Crippen molar-refractivity contribution in [2.24, 2.45) is 0 Å². The summed E-state index contributed by atoms with van der Waals surface area (Å²) in [7, 11) is 1.55. The zero-order chi connectivity index (χ0) is 18.3. The normalized spacial score (nSPS) is 12.9. The lowest BCUT2D eigenvalue weighted by Gasteiger charge is -2.15. The Morgan fingerprint density at radius 3 is 2.69 bits per heavy atom. The van der Waals surface area contributed by atoms with Crippen LogP contribution in [0.4, 0.5) is 5.69 Å². The molecule has 2 aromatic carbocycles. The Labute approximate surface area is 161 Å². The molecule has 1 N–H and O–H groups in total. The quantitative estimate of drug-likeness (QED) is 0.664. The predicted molar refractivity (Wildman–Crippen MR) is 105 cm³/mol. The first-order valence-corrected chi connectivity index (χ1v) is 9.08. The number of fused-ring (bicyclic) bond motifs is 2. The molecule has 1 aliphatic rings. The fraction of sp³-hybridized carbons (Fsp3) is 0.200. The van der Waals surface area contributed by atoms with Crippen molar-refractivity contribution in [3.8, 4) is 5.75 Å². The molecule has 6 heteroatoms. The van der Waals surface area contributed by atoms with Gasteiger partial charge in [0.15, 0.2) is 0 Å². The van der Waals surface area contributed by atoms with E-state index < -0.39 is 0 Å². The summed E-state index contributed by atoms with van der Waals surface area (Å²) in [6.45, 7) is 0. The molecule has 26 heavy (non-hydrogen) atoms. The number of carbonyl (C=O) groups is 1. The van der Waals surface area contributed by atoms with Crippen molar-refractivity contribution < 1.29 is 9.53 Å². The van der Waals surface area contributed by atoms with E-state index in [2.05, 4.69) is 5.32 Å². The van der Waals surface area contributed by atoms with Crippen LogP contribution < -0.4 is 10.1 Å². The van der Waals surface area contributed by atoms with Crippen LogP contribution >= 0.6 is 23.2 Å². The summed E-state index contributed by atoms with van der Waals surface area (Å²) in [4.78, 5) is 17.9. The van der Waals surface area contributed by atoms with E-state index in [0.29, 0.717) is 27.0 Å². The van der Waals surface area contributed by atoms with E-state index in [1.165, 1.54) is 0 Å². The molecule has 0 radical (unpaired) electrons. The van der Waals surface area contributed by atoms with Crippen LogP contribution in [0.25, 0.3) is 10.9 Å². The molecule has 132 valence electrons. The molecule has 1 aliphatic carbocycles. The van der Waals surface area contributed by atoms with Gasteiger partial charge in [0.25, 0.3) is 5.91 Å². The number of methoxy groups -OCH3 is 1. The Morgan fingerprint density at radius 1 is 1.12 bits per heavy atom. The van der Waals surface area contributed by atoms with E-state index in [1.54, 1.807) is 37.4 Å². The molecule has 4 rings (SSSR count). The maximum atomic E-state index is 13.2. The molecular weight excluding hydrogens is 371 g/mol. The van der Waals surface area contributed by atoms with Crippen LogP contribution in [0.15, 0.2) is 36.4 Å². The molecule has 1 aromatic heterocycles. The molecular formula is C20H16Cl2N2O2. The first-order valence-electron chi connectivity index (χ1n) is 8.32. The van der Waals surface area contributed by atoms with Crippen LogP contribution in [0, 0.1) is 0 Å². The van der Waals surface area contributed by atoms with Crippen LogP contribution in [0.1, 0.15) is 28.0 Å². The Kier molecular flexibility index (Phi) is 4.47. The molecule has 0 aliphatic heterocycles. The second kappa shape index (κ2) is 6.78. The highest BCUT2D eigenvalue weighted by molar-refractivity contribution is 6.32. The van der Waals surface area contributed by atoms with Crippen molar-refractivity contribution in [3.05, 3.63) is 63.3 Å². The summed E-state index contributed by atoms with van der Waals surface area (Å²) in [6, 6.07) is 10.6. The number of nitrogens with one attached hydrogen (secondary N) is 1. The van der Waals surface area contributed by atoms with Crippen LogP contribution in [0.2, 0.25) is 10.0 Å². The summed E-state index contributed by atoms with van der Waals surface area (Å²) >= 11 is 12.3. The van der Waals surface area contributed by atoms with Gasteiger partial charge in [0.05, 0.1) is 23.9 Å². The molecule has 0 saturated heterocycles. The highest BCUT2D eigenvalue weighted by atomic mass is 35.5. The molecule has 4 nitrogen and oxygen atoms in total. The van der Waals surface area contributed by atoms with Gasteiger partial charge in [-0.2, -0.15) is 0 Å². The first kappa shape index (κ1) is 17.1. The average molecular weight is 387 g/mol. The standard InChI is InChI=1S/C20H16Cl2N2O2/c1-26-18-8-6-12(22)10-17(18)24-20(25)19-13-3-2-4-15(13)23-16-7-5-11(21)9-14(16)19/h5-10H,2-4H2,1H3,(H,24,25). The fourth-order valence-electron chi connectivity index (χ4n) is 3.46. The summed E-state index contributed by atoms with van der Waals surface area (Å²) in [5.41, 5.74) is 3.93. The smallest absolute Gasteiger partial charge is 0.256 e. The van der Waals surface area contributed by atoms with Crippen molar-refractivity contribution in [1.82, 2.24) is 4.98 Å². The molecule has 0 fully saturated rings. The van der Waals surface area contributed by atoms with Crippen molar-refractivity contribution in [3.63, 3.8) is 0 Å². The van der Waals surface area contributed by atoms with E-state index in [4.69, 9.17) is 32.9 Å². The monoisotopic (exact) mass is 386 g/mol. The van der Waals surface area contributed by atoms with Gasteiger partial charge in [-0.05, 0) is 61.2 Å². The molecule has 0 spiro atoms. The summed E-state index contributed by atoms with van der Waals surface area (Å²) in [6.07, 6.45) is 2.71. The van der Waals surface area contributed by atoms with Gasteiger partial charge < -0.3 is 10.1 Å². The Morgan fingerprint density at radius 2 is 1.88 bits per heavy atom. The lowest BCUT2D eigenvalue weighted by atomic mass is 10.0. The minimum Gasteiger partial charge on any atom is -0.495 e. The molecule has 1 heterocycles. The Balaban J connectivity index is 1.85. The summed E-state index contributed by atoms with van der Waals surface area (Å²) in [5.74, 6) is 0.342. The third-order valence-corrected chi connectivity index (χ3v) is 5.08. The van der Waals surface area contributed by atoms with Crippen molar-refractivity contribution in [2.45, 2.75) is 19.3 Å². The largest absolute Gasteiger partial charge is 0.495 e. The molecule has 0 bridgehead atoms. The highest BCUT2D eigenvalue weighted by Crippen LogP contribution is 2.33. The second-order valence-corrected chi connectivity index (χ2v) is 7.10. The third-order valence-electron chi connectivity index (χ3n) is 4.61. The number of halogens is 2. The van der Waals surface area contributed by atoms with Gasteiger partial charge in [0.2, 0.25) is 0 Å². The number of hydrogen-bond acceptors (Lipinski definition) is 3. The average Bonchev–Trinajstić information content (AvgIpc) is 3.07. The maximum absolute atomic E-state index is 13.2. The number of hydrogen-bond donors (Lipinski definition) is 1. The predicted octanol–water partition coefficient (Wildman–Crippen LogP) is 5.29. The van der Waals surface area contributed by atoms with Gasteiger partial charge >= 0.3 is 0 Å². The summed E-state index contributed by atoms with van der Waals surface area (Å²) < 4.78 is 5.33. The summed E-state index contributed by atoms with van der Waals surface area (Å²) in [5, 5.41) is 4.80. The number of aromatic nitrogens is 1. The van der Waals surface area contributed by atoms with Gasteiger partial charge in [-0.25, -0.2) is 0 Å². The minimum atomic E-state index is -0.210. The number of aryl methyl sites for hydroxylation is 1. The van der Waals surface area contributed by atoms with Gasteiger partial charge in [-0.15, -0.1) is 0 Å². The van der Waals surface area contributed by atoms with Gasteiger partial charge in [-0.1, -0.05) is 23.2 Å². The fourth-order valence-corrected chi connectivity index (χ4v) is 3.80. The van der Waals surface area contributed by atoms with E-state index in [-0.39, 0.29) is 5.91 Å². The minimum absolute atomic E-state index is 0.210. The van der Waals surface area contributed by atoms with Crippen LogP contribution in [-0.2, 0) is 12.8 Å². The lowest BCUT2D eigenvalue weighted by Crippen LogP contribution is -2.16. The molecule has 1 amide bonds. The van der Waals surface area contributed by atoms with Crippen molar-refractivity contribution in [2.75, 3.05) is 12.4 Å².